The summed E-state index contributed by atoms with van der Waals surface area (Å²) < 4.78 is 42.0. The molecule has 0 aliphatic rings. The second-order valence-corrected chi connectivity index (χ2v) is 9.51. The van der Waals surface area contributed by atoms with Crippen LogP contribution in [0.2, 0.25) is 5.02 Å². The Kier molecular flexibility index (Phi) is 8.43. The quantitative estimate of drug-likeness (QED) is 0.343. The molecular weight excluding hydrogens is 496 g/mol. The molecule has 11 nitrogen and oxygen atoms in total. The molecule has 0 aliphatic carbocycles. The topological polar surface area (TPSA) is 141 Å². The van der Waals surface area contributed by atoms with Crippen molar-refractivity contribution in [3.63, 3.8) is 0 Å². The van der Waals surface area contributed by atoms with Crippen molar-refractivity contribution in [2.45, 2.75) is 0 Å². The number of sulfonamides is 1. The van der Waals surface area contributed by atoms with Crippen LogP contribution >= 0.6 is 11.6 Å². The van der Waals surface area contributed by atoms with E-state index in [9.17, 15) is 8.42 Å². The molecule has 188 valence electrons. The van der Waals surface area contributed by atoms with Crippen LogP contribution in [0.5, 0.6) is 17.2 Å². The number of rotatable bonds is 11. The lowest BCUT2D eigenvalue weighted by Gasteiger charge is -2.24. The molecule has 0 atom stereocenters. The maximum Gasteiger partial charge on any atom is 0.232 e. The number of halogens is 1. The Hall–Kier alpha value is -3.48. The maximum absolute atomic E-state index is 12.4. The van der Waals surface area contributed by atoms with Crippen LogP contribution in [-0.2, 0) is 10.0 Å². The Balaban J connectivity index is 1.95. The Labute approximate surface area is 209 Å². The smallest absolute Gasteiger partial charge is 0.232 e. The van der Waals surface area contributed by atoms with Crippen LogP contribution in [-0.4, -0.2) is 59.1 Å². The number of anilines is 5. The Morgan fingerprint density at radius 2 is 1.71 bits per heavy atom. The Bertz CT molecular complexity index is 1270. The molecule has 3 aromatic rings. The fraction of sp³-hybridized carbons (Fsp3) is 0.273. The number of hydrogen-bond acceptors (Lipinski definition) is 10. The van der Waals surface area contributed by atoms with Gasteiger partial charge in [0, 0.05) is 30.9 Å². The lowest BCUT2D eigenvalue weighted by molar-refractivity contribution is 0.324. The molecule has 35 heavy (non-hydrogen) atoms. The monoisotopic (exact) mass is 522 g/mol. The molecule has 0 fully saturated rings. The third-order valence-corrected chi connectivity index (χ3v) is 6.28. The van der Waals surface area contributed by atoms with Crippen LogP contribution in [0.15, 0.2) is 42.6 Å². The van der Waals surface area contributed by atoms with Crippen LogP contribution < -0.4 is 34.9 Å². The fourth-order valence-electron chi connectivity index (χ4n) is 3.30. The molecule has 0 amide bonds. The van der Waals surface area contributed by atoms with Gasteiger partial charge in [-0.3, -0.25) is 4.31 Å². The molecule has 0 unspecified atom stereocenters. The average Bonchev–Trinajstić information content (AvgIpc) is 2.83. The minimum atomic E-state index is -3.57. The summed E-state index contributed by atoms with van der Waals surface area (Å²) in [6.07, 6.45) is 2.55. The van der Waals surface area contributed by atoms with E-state index in [0.717, 1.165) is 6.26 Å². The lowest BCUT2D eigenvalue weighted by Crippen LogP contribution is -2.35. The second-order valence-electron chi connectivity index (χ2n) is 7.20. The second kappa shape index (κ2) is 11.3. The highest BCUT2D eigenvalue weighted by Gasteiger charge is 2.20. The summed E-state index contributed by atoms with van der Waals surface area (Å²) in [6.45, 7) is 0.265. The van der Waals surface area contributed by atoms with Gasteiger partial charge in [0.2, 0.25) is 21.7 Å². The van der Waals surface area contributed by atoms with Gasteiger partial charge in [0.1, 0.15) is 5.02 Å². The van der Waals surface area contributed by atoms with Gasteiger partial charge in [-0.15, -0.1) is 0 Å². The van der Waals surface area contributed by atoms with E-state index in [1.165, 1.54) is 31.8 Å². The predicted molar refractivity (Wildman–Crippen MR) is 137 cm³/mol. The van der Waals surface area contributed by atoms with Crippen LogP contribution in [0.4, 0.5) is 28.8 Å². The van der Waals surface area contributed by atoms with Crippen molar-refractivity contribution in [3.05, 3.63) is 47.6 Å². The Morgan fingerprint density at radius 3 is 2.29 bits per heavy atom. The van der Waals surface area contributed by atoms with E-state index in [1.54, 1.807) is 36.4 Å². The van der Waals surface area contributed by atoms with Crippen molar-refractivity contribution in [2.75, 3.05) is 55.6 Å². The number of hydrogen-bond donors (Lipinski definition) is 3. The molecule has 0 aliphatic heterocycles. The van der Waals surface area contributed by atoms with Gasteiger partial charge in [0.05, 0.1) is 45.2 Å². The van der Waals surface area contributed by atoms with Crippen LogP contribution in [0.25, 0.3) is 0 Å². The number of benzene rings is 2. The maximum atomic E-state index is 12.4. The summed E-state index contributed by atoms with van der Waals surface area (Å²) in [7, 11) is 0.982. The fourth-order valence-corrected chi connectivity index (χ4v) is 4.40. The third-order valence-electron chi connectivity index (χ3n) is 4.82. The first-order valence-electron chi connectivity index (χ1n) is 10.3. The summed E-state index contributed by atoms with van der Waals surface area (Å²) in [5.74, 6) is 1.85. The van der Waals surface area contributed by atoms with Gasteiger partial charge < -0.3 is 30.6 Å². The summed E-state index contributed by atoms with van der Waals surface area (Å²) in [5, 5.41) is 6.42. The van der Waals surface area contributed by atoms with Crippen molar-refractivity contribution in [1.29, 1.82) is 0 Å². The van der Waals surface area contributed by atoms with Gasteiger partial charge >= 0.3 is 0 Å². The van der Waals surface area contributed by atoms with Crippen molar-refractivity contribution in [2.24, 2.45) is 5.73 Å². The standard InChI is InChI=1S/C22H27ClN6O5S/c1-32-18-11-14(12-19(33-2)20(18)34-3)26-22-25-13-15(23)21(28-22)27-16-7-5-6-8-17(16)29(10-9-24)35(4,30)31/h5-8,11-13H,9-10,24H2,1-4H3,(H2,25,26,27,28). The first-order chi connectivity index (χ1) is 16.7. The minimum Gasteiger partial charge on any atom is -0.493 e. The van der Waals surface area contributed by atoms with E-state index in [0.29, 0.717) is 34.3 Å². The number of nitrogens with zero attached hydrogens (tertiary/aromatic N) is 3. The lowest BCUT2D eigenvalue weighted by atomic mass is 10.2. The number of nitrogens with one attached hydrogen (secondary N) is 2. The van der Waals surface area contributed by atoms with Gasteiger partial charge in [-0.2, -0.15) is 4.98 Å². The normalized spacial score (nSPS) is 11.0. The van der Waals surface area contributed by atoms with Gasteiger partial charge in [-0.1, -0.05) is 23.7 Å². The molecule has 0 saturated heterocycles. The third kappa shape index (κ3) is 6.15. The molecule has 13 heteroatoms. The number of methoxy groups -OCH3 is 3. The molecular formula is C22H27ClN6O5S. The summed E-state index contributed by atoms with van der Waals surface area (Å²) in [5.41, 5.74) is 7.11. The van der Waals surface area contributed by atoms with E-state index >= 15 is 0 Å². The highest BCUT2D eigenvalue weighted by Crippen LogP contribution is 2.40. The Morgan fingerprint density at radius 1 is 1.06 bits per heavy atom. The molecule has 2 aromatic carbocycles. The van der Waals surface area contributed by atoms with Crippen molar-refractivity contribution < 1.29 is 22.6 Å². The van der Waals surface area contributed by atoms with Crippen molar-refractivity contribution in [3.8, 4) is 17.2 Å². The number of nitrogens with two attached hydrogens (primary N) is 1. The molecule has 3 rings (SSSR count). The SMILES string of the molecule is COc1cc(Nc2ncc(Cl)c(Nc3ccccc3N(CCN)S(C)(=O)=O)n2)cc(OC)c1OC. The highest BCUT2D eigenvalue weighted by molar-refractivity contribution is 7.92. The number of ether oxygens (including phenoxy) is 3. The molecule has 0 saturated carbocycles. The molecule has 0 radical (unpaired) electrons. The van der Waals surface area contributed by atoms with E-state index in [-0.39, 0.29) is 29.9 Å². The molecule has 1 aromatic heterocycles. The summed E-state index contributed by atoms with van der Waals surface area (Å²) in [4.78, 5) is 8.68. The zero-order valence-electron chi connectivity index (χ0n) is 19.7. The van der Waals surface area contributed by atoms with Crippen LogP contribution in [0.3, 0.4) is 0 Å². The van der Waals surface area contributed by atoms with E-state index < -0.39 is 10.0 Å². The zero-order chi connectivity index (χ0) is 25.6. The van der Waals surface area contributed by atoms with Gasteiger partial charge in [-0.05, 0) is 12.1 Å². The first kappa shape index (κ1) is 26.1. The molecule has 0 bridgehead atoms. The number of aromatic nitrogens is 2. The van der Waals surface area contributed by atoms with Gasteiger partial charge in [0.25, 0.3) is 0 Å². The summed E-state index contributed by atoms with van der Waals surface area (Å²) >= 11 is 6.34. The molecule has 1 heterocycles. The number of para-hydroxylation sites is 2. The first-order valence-corrected chi connectivity index (χ1v) is 12.6. The predicted octanol–water partition coefficient (Wildman–Crippen LogP) is 3.37. The largest absolute Gasteiger partial charge is 0.493 e. The highest BCUT2D eigenvalue weighted by atomic mass is 35.5. The van der Waals surface area contributed by atoms with E-state index in [1.807, 2.05) is 0 Å². The molecule has 0 spiro atoms. The average molecular weight is 523 g/mol. The van der Waals surface area contributed by atoms with Crippen molar-refractivity contribution in [1.82, 2.24) is 9.97 Å². The van der Waals surface area contributed by atoms with Gasteiger partial charge in [0.15, 0.2) is 17.3 Å². The summed E-state index contributed by atoms with van der Waals surface area (Å²) in [6, 6.07) is 10.3. The minimum absolute atomic E-state index is 0.114. The van der Waals surface area contributed by atoms with Gasteiger partial charge in [-0.25, -0.2) is 13.4 Å². The van der Waals surface area contributed by atoms with Crippen LogP contribution in [0.1, 0.15) is 0 Å². The van der Waals surface area contributed by atoms with Crippen LogP contribution in [0, 0.1) is 0 Å². The van der Waals surface area contributed by atoms with E-state index in [4.69, 9.17) is 31.5 Å². The zero-order valence-corrected chi connectivity index (χ0v) is 21.3. The molecule has 4 N–H and O–H groups in total. The van der Waals surface area contributed by atoms with E-state index in [2.05, 4.69) is 20.6 Å². The van der Waals surface area contributed by atoms with Crippen molar-refractivity contribution >= 4 is 50.5 Å².